The molecule has 0 aliphatic rings. The molecule has 0 aliphatic carbocycles. The Kier molecular flexibility index (Phi) is 3.62. The number of halogens is 2. The molecule has 3 aromatic rings. The van der Waals surface area contributed by atoms with E-state index in [-0.39, 0.29) is 5.82 Å². The van der Waals surface area contributed by atoms with Crippen molar-refractivity contribution in [2.24, 2.45) is 0 Å². The van der Waals surface area contributed by atoms with Gasteiger partial charge < -0.3 is 5.11 Å². The van der Waals surface area contributed by atoms with Gasteiger partial charge in [-0.3, -0.25) is 0 Å². The number of hydrogen-bond donors (Lipinski definition) is 1. The first-order valence-corrected chi connectivity index (χ1v) is 7.69. The highest BCUT2D eigenvalue weighted by molar-refractivity contribution is 14.1. The summed E-state index contributed by atoms with van der Waals surface area (Å²) in [6, 6.07) is 11.5. The molecule has 1 heterocycles. The molecule has 0 saturated carbocycles. The van der Waals surface area contributed by atoms with Crippen molar-refractivity contribution in [1.82, 2.24) is 9.78 Å². The average Bonchev–Trinajstić information content (AvgIpc) is 2.86. The summed E-state index contributed by atoms with van der Waals surface area (Å²) in [4.78, 5) is 11.3. The van der Waals surface area contributed by atoms with E-state index in [1.807, 2.05) is 12.1 Å². The number of carbonyl (C=O) groups is 1. The molecule has 2 aromatic carbocycles. The van der Waals surface area contributed by atoms with Crippen LogP contribution in [0.5, 0.6) is 0 Å². The van der Waals surface area contributed by atoms with E-state index in [0.717, 1.165) is 14.7 Å². The number of nitrogens with zero attached hydrogens (tertiary/aromatic N) is 2. The Bertz CT molecular complexity index is 845. The van der Waals surface area contributed by atoms with Crippen LogP contribution >= 0.6 is 22.6 Å². The molecule has 0 amide bonds. The van der Waals surface area contributed by atoms with E-state index in [2.05, 4.69) is 27.7 Å². The second kappa shape index (κ2) is 5.44. The molecule has 0 saturated heterocycles. The van der Waals surface area contributed by atoms with Crippen molar-refractivity contribution in [2.45, 2.75) is 4.43 Å². The van der Waals surface area contributed by atoms with E-state index in [9.17, 15) is 14.3 Å². The standard InChI is InChI=1S/C15H10FIN2O2/c16-11-3-1-2-10(7-11)14-12-6-9(8-17)4-5-13(12)19(18-14)15(20)21/h1-7H,8H2,(H,20,21). The number of aromatic nitrogens is 2. The first-order valence-electron chi connectivity index (χ1n) is 6.17. The summed E-state index contributed by atoms with van der Waals surface area (Å²) < 4.78 is 15.1. The van der Waals surface area contributed by atoms with E-state index in [0.29, 0.717) is 22.2 Å². The average molecular weight is 396 g/mol. The number of fused-ring (bicyclic) bond motifs is 1. The molecule has 0 bridgehead atoms. The minimum atomic E-state index is -1.16. The lowest BCUT2D eigenvalue weighted by Gasteiger charge is -2.00. The summed E-state index contributed by atoms with van der Waals surface area (Å²) in [7, 11) is 0. The van der Waals surface area contributed by atoms with Gasteiger partial charge in [-0.25, -0.2) is 9.18 Å². The summed E-state index contributed by atoms with van der Waals surface area (Å²) in [5, 5.41) is 14.1. The van der Waals surface area contributed by atoms with E-state index < -0.39 is 6.09 Å². The molecule has 0 radical (unpaired) electrons. The molecule has 0 fully saturated rings. The molecule has 3 rings (SSSR count). The van der Waals surface area contributed by atoms with Crippen molar-refractivity contribution < 1.29 is 14.3 Å². The molecule has 1 N–H and O–H groups in total. The maximum atomic E-state index is 13.4. The lowest BCUT2D eigenvalue weighted by Crippen LogP contribution is -2.09. The van der Waals surface area contributed by atoms with Crippen LogP contribution in [0.15, 0.2) is 42.5 Å². The molecule has 0 atom stereocenters. The SMILES string of the molecule is O=C(O)n1nc(-c2cccc(F)c2)c2cc(CI)ccc21. The third kappa shape index (κ3) is 2.51. The van der Waals surface area contributed by atoms with E-state index in [4.69, 9.17) is 0 Å². The van der Waals surface area contributed by atoms with E-state index >= 15 is 0 Å². The summed E-state index contributed by atoms with van der Waals surface area (Å²) in [6.07, 6.45) is -1.16. The third-order valence-electron chi connectivity index (χ3n) is 3.18. The van der Waals surface area contributed by atoms with E-state index in [1.54, 1.807) is 18.2 Å². The smallest absolute Gasteiger partial charge is 0.432 e. The molecule has 4 nitrogen and oxygen atoms in total. The Balaban J connectivity index is 2.33. The molecular formula is C15H10FIN2O2. The van der Waals surface area contributed by atoms with Crippen LogP contribution in [0, 0.1) is 5.82 Å². The first kappa shape index (κ1) is 14.0. The Labute approximate surface area is 133 Å². The molecule has 6 heteroatoms. The Hall–Kier alpha value is -1.96. The van der Waals surface area contributed by atoms with Crippen molar-refractivity contribution in [3.8, 4) is 11.3 Å². The highest BCUT2D eigenvalue weighted by Gasteiger charge is 2.16. The van der Waals surface area contributed by atoms with Crippen molar-refractivity contribution in [2.75, 3.05) is 0 Å². The van der Waals surface area contributed by atoms with Crippen LogP contribution in [0.1, 0.15) is 5.56 Å². The van der Waals surface area contributed by atoms with Crippen LogP contribution in [0.3, 0.4) is 0 Å². The highest BCUT2D eigenvalue weighted by Crippen LogP contribution is 2.29. The third-order valence-corrected chi connectivity index (χ3v) is 4.06. The summed E-state index contributed by atoms with van der Waals surface area (Å²) >= 11 is 2.23. The molecule has 21 heavy (non-hydrogen) atoms. The number of hydrogen-bond acceptors (Lipinski definition) is 2. The van der Waals surface area contributed by atoms with Gasteiger partial charge in [-0.05, 0) is 29.8 Å². The number of rotatable bonds is 2. The lowest BCUT2D eigenvalue weighted by molar-refractivity contribution is 0.194. The molecule has 0 aliphatic heterocycles. The molecular weight excluding hydrogens is 386 g/mol. The molecule has 1 aromatic heterocycles. The van der Waals surface area contributed by atoms with Gasteiger partial charge in [0.2, 0.25) is 0 Å². The van der Waals surface area contributed by atoms with Crippen LogP contribution in [0.2, 0.25) is 0 Å². The molecule has 0 spiro atoms. The molecule has 0 unspecified atom stereocenters. The zero-order valence-corrected chi connectivity index (χ0v) is 12.9. The predicted molar refractivity (Wildman–Crippen MR) is 86.3 cm³/mol. The van der Waals surface area contributed by atoms with Gasteiger partial charge in [0.1, 0.15) is 11.5 Å². The highest BCUT2D eigenvalue weighted by atomic mass is 127. The van der Waals surface area contributed by atoms with Gasteiger partial charge in [-0.1, -0.05) is 40.8 Å². The minimum Gasteiger partial charge on any atom is -0.463 e. The van der Waals surface area contributed by atoms with Crippen LogP contribution in [0.4, 0.5) is 9.18 Å². The van der Waals surface area contributed by atoms with Crippen LogP contribution < -0.4 is 0 Å². The van der Waals surface area contributed by atoms with Crippen LogP contribution in [0.25, 0.3) is 22.2 Å². The van der Waals surface area contributed by atoms with Crippen LogP contribution in [-0.4, -0.2) is 21.0 Å². The van der Waals surface area contributed by atoms with Crippen LogP contribution in [-0.2, 0) is 4.43 Å². The van der Waals surface area contributed by atoms with E-state index in [1.165, 1.54) is 12.1 Å². The summed E-state index contributed by atoms with van der Waals surface area (Å²) in [6.45, 7) is 0. The van der Waals surface area contributed by atoms with Gasteiger partial charge in [0.15, 0.2) is 0 Å². The normalized spacial score (nSPS) is 11.0. The zero-order chi connectivity index (χ0) is 15.0. The summed E-state index contributed by atoms with van der Waals surface area (Å²) in [5.41, 5.74) is 2.59. The fourth-order valence-corrected chi connectivity index (χ4v) is 2.72. The number of alkyl halides is 1. The van der Waals surface area contributed by atoms with Gasteiger partial charge in [-0.2, -0.15) is 9.78 Å². The van der Waals surface area contributed by atoms with Gasteiger partial charge in [-0.15, -0.1) is 0 Å². The maximum absolute atomic E-state index is 13.4. The topological polar surface area (TPSA) is 55.1 Å². The fraction of sp³-hybridized carbons (Fsp3) is 0.0667. The van der Waals surface area contributed by atoms with Gasteiger partial charge in [0, 0.05) is 15.4 Å². The largest absolute Gasteiger partial charge is 0.463 e. The second-order valence-electron chi connectivity index (χ2n) is 4.54. The maximum Gasteiger partial charge on any atom is 0.432 e. The number of carboxylic acid groups (broad SMARTS) is 1. The second-order valence-corrected chi connectivity index (χ2v) is 5.30. The summed E-state index contributed by atoms with van der Waals surface area (Å²) in [5.74, 6) is -0.379. The van der Waals surface area contributed by atoms with Gasteiger partial charge >= 0.3 is 6.09 Å². The monoisotopic (exact) mass is 396 g/mol. The first-order chi connectivity index (χ1) is 10.1. The molecule has 106 valence electrons. The Morgan fingerprint density at radius 3 is 2.76 bits per heavy atom. The lowest BCUT2D eigenvalue weighted by atomic mass is 10.1. The zero-order valence-electron chi connectivity index (χ0n) is 10.8. The Morgan fingerprint density at radius 2 is 2.10 bits per heavy atom. The fourth-order valence-electron chi connectivity index (χ4n) is 2.24. The number of benzene rings is 2. The van der Waals surface area contributed by atoms with Gasteiger partial charge in [0.25, 0.3) is 0 Å². The Morgan fingerprint density at radius 1 is 1.29 bits per heavy atom. The van der Waals surface area contributed by atoms with Crippen molar-refractivity contribution >= 4 is 39.6 Å². The predicted octanol–water partition coefficient (Wildman–Crippen LogP) is 4.30. The van der Waals surface area contributed by atoms with Crippen molar-refractivity contribution in [1.29, 1.82) is 0 Å². The van der Waals surface area contributed by atoms with Crippen molar-refractivity contribution in [3.63, 3.8) is 0 Å². The van der Waals surface area contributed by atoms with Crippen molar-refractivity contribution in [3.05, 3.63) is 53.8 Å². The quantitative estimate of drug-likeness (QED) is 0.519. The minimum absolute atomic E-state index is 0.379. The van der Waals surface area contributed by atoms with Gasteiger partial charge in [0.05, 0.1) is 5.52 Å².